The van der Waals surface area contributed by atoms with Crippen molar-refractivity contribution in [3.8, 4) is 17.1 Å². The number of fused-ring (bicyclic) bond motifs is 2. The minimum atomic E-state index is -0.0896. The molecule has 5 aromatic rings. The van der Waals surface area contributed by atoms with E-state index < -0.39 is 0 Å². The summed E-state index contributed by atoms with van der Waals surface area (Å²) in [5.74, 6) is 1.59. The Morgan fingerprint density at radius 3 is 2.54 bits per heavy atom. The van der Waals surface area contributed by atoms with Gasteiger partial charge in [0.2, 0.25) is 0 Å². The van der Waals surface area contributed by atoms with Crippen LogP contribution in [0.2, 0.25) is 0 Å². The van der Waals surface area contributed by atoms with Crippen LogP contribution in [0.3, 0.4) is 0 Å². The highest BCUT2D eigenvalue weighted by Crippen LogP contribution is 2.38. The molecule has 2 aromatic heterocycles. The third kappa shape index (κ3) is 2.89. The van der Waals surface area contributed by atoms with Gasteiger partial charge in [-0.1, -0.05) is 60.7 Å². The number of hydrogen-bond donors (Lipinski definition) is 1. The molecule has 0 saturated heterocycles. The highest BCUT2D eigenvalue weighted by atomic mass is 16.5. The Hall–Kier alpha value is -3.66. The van der Waals surface area contributed by atoms with E-state index in [1.165, 1.54) is 0 Å². The number of pyridine rings is 1. The molecule has 4 heteroatoms. The minimum absolute atomic E-state index is 0.0896. The average molecular weight is 365 g/mol. The molecule has 4 nitrogen and oxygen atoms in total. The van der Waals surface area contributed by atoms with Crippen molar-refractivity contribution in [3.05, 3.63) is 90.6 Å². The van der Waals surface area contributed by atoms with Gasteiger partial charge in [-0.2, -0.15) is 0 Å². The normalized spacial score (nSPS) is 12.3. The van der Waals surface area contributed by atoms with Crippen molar-refractivity contribution in [2.75, 3.05) is 0 Å². The zero-order valence-electron chi connectivity index (χ0n) is 15.5. The van der Waals surface area contributed by atoms with Crippen molar-refractivity contribution in [2.24, 2.45) is 0 Å². The quantitative estimate of drug-likeness (QED) is 0.430. The molecule has 0 aliphatic rings. The lowest BCUT2D eigenvalue weighted by Gasteiger charge is -2.19. The average Bonchev–Trinajstić information content (AvgIpc) is 3.18. The lowest BCUT2D eigenvalue weighted by Crippen LogP contribution is -2.04. The lowest BCUT2D eigenvalue weighted by molar-refractivity contribution is 0.231. The van der Waals surface area contributed by atoms with Crippen LogP contribution < -0.4 is 4.74 Å². The molecule has 0 fully saturated rings. The molecule has 136 valence electrons. The number of imidazole rings is 1. The SMILES string of the molecule is CC(Oc1c(-c2nc3ncccc3[nH]2)ccc2ccccc12)c1ccccc1. The number of H-pyrrole nitrogens is 1. The summed E-state index contributed by atoms with van der Waals surface area (Å²) in [4.78, 5) is 12.4. The summed E-state index contributed by atoms with van der Waals surface area (Å²) in [6.07, 6.45) is 1.66. The van der Waals surface area contributed by atoms with Gasteiger partial charge in [0.1, 0.15) is 17.7 Å². The Bertz CT molecular complexity index is 1230. The molecule has 0 aliphatic heterocycles. The summed E-state index contributed by atoms with van der Waals surface area (Å²) < 4.78 is 6.51. The molecule has 0 amide bonds. The highest BCUT2D eigenvalue weighted by molar-refractivity contribution is 5.95. The third-order valence-corrected chi connectivity index (χ3v) is 4.96. The molecule has 0 saturated carbocycles. The molecule has 0 bridgehead atoms. The maximum atomic E-state index is 6.51. The lowest BCUT2D eigenvalue weighted by atomic mass is 10.0. The molecule has 28 heavy (non-hydrogen) atoms. The zero-order chi connectivity index (χ0) is 18.9. The van der Waals surface area contributed by atoms with E-state index in [1.54, 1.807) is 6.20 Å². The molecule has 1 unspecified atom stereocenters. The van der Waals surface area contributed by atoms with Gasteiger partial charge < -0.3 is 9.72 Å². The smallest absolute Gasteiger partial charge is 0.178 e. The number of aromatic nitrogens is 3. The molecule has 0 aliphatic carbocycles. The van der Waals surface area contributed by atoms with E-state index >= 15 is 0 Å². The summed E-state index contributed by atoms with van der Waals surface area (Å²) in [6.45, 7) is 2.07. The molecule has 0 radical (unpaired) electrons. The maximum Gasteiger partial charge on any atom is 0.178 e. The first-order chi connectivity index (χ1) is 13.8. The van der Waals surface area contributed by atoms with Gasteiger partial charge in [0, 0.05) is 11.6 Å². The largest absolute Gasteiger partial charge is 0.485 e. The van der Waals surface area contributed by atoms with Gasteiger partial charge in [0.05, 0.1) is 11.1 Å². The van der Waals surface area contributed by atoms with Gasteiger partial charge in [-0.25, -0.2) is 9.97 Å². The molecule has 1 N–H and O–H groups in total. The van der Waals surface area contributed by atoms with Crippen LogP contribution in [0.15, 0.2) is 85.1 Å². The fourth-order valence-corrected chi connectivity index (χ4v) is 3.50. The molecule has 0 spiro atoms. The second kappa shape index (κ2) is 6.82. The van der Waals surface area contributed by atoms with Crippen molar-refractivity contribution in [2.45, 2.75) is 13.0 Å². The summed E-state index contributed by atoms with van der Waals surface area (Å²) in [7, 11) is 0. The predicted octanol–water partition coefficient (Wildman–Crippen LogP) is 5.92. The van der Waals surface area contributed by atoms with Crippen LogP contribution in [0, 0.1) is 0 Å². The first kappa shape index (κ1) is 16.5. The number of aromatic amines is 1. The molecule has 3 aromatic carbocycles. The second-order valence-corrected chi connectivity index (χ2v) is 6.79. The number of rotatable bonds is 4. The first-order valence-electron chi connectivity index (χ1n) is 9.34. The Labute approximate surface area is 162 Å². The Balaban J connectivity index is 1.67. The Morgan fingerprint density at radius 1 is 0.857 bits per heavy atom. The maximum absolute atomic E-state index is 6.51. The molecule has 5 rings (SSSR count). The number of nitrogens with one attached hydrogen (secondary N) is 1. The van der Waals surface area contributed by atoms with Crippen LogP contribution in [-0.4, -0.2) is 15.0 Å². The fraction of sp³-hybridized carbons (Fsp3) is 0.0833. The van der Waals surface area contributed by atoms with Gasteiger partial charge >= 0.3 is 0 Å². The highest BCUT2D eigenvalue weighted by Gasteiger charge is 2.17. The standard InChI is InChI=1S/C24H19N3O/c1-16(17-8-3-2-4-9-17)28-22-19-11-6-5-10-18(19)13-14-20(22)23-26-21-12-7-15-25-24(21)27-23/h2-16H,1H3,(H,25,26,27). The van der Waals surface area contributed by atoms with E-state index in [2.05, 4.69) is 58.3 Å². The van der Waals surface area contributed by atoms with Gasteiger partial charge in [-0.05, 0) is 36.1 Å². The van der Waals surface area contributed by atoms with Gasteiger partial charge in [0.25, 0.3) is 0 Å². The van der Waals surface area contributed by atoms with E-state index in [0.29, 0.717) is 5.65 Å². The molecular formula is C24H19N3O. The van der Waals surface area contributed by atoms with Crippen molar-refractivity contribution < 1.29 is 4.74 Å². The Morgan fingerprint density at radius 2 is 1.68 bits per heavy atom. The van der Waals surface area contributed by atoms with Crippen LogP contribution in [0.4, 0.5) is 0 Å². The predicted molar refractivity (Wildman–Crippen MR) is 112 cm³/mol. The number of hydrogen-bond acceptors (Lipinski definition) is 3. The van der Waals surface area contributed by atoms with Crippen LogP contribution in [0.1, 0.15) is 18.6 Å². The number of benzene rings is 3. The first-order valence-corrected chi connectivity index (χ1v) is 9.34. The summed E-state index contributed by atoms with van der Waals surface area (Å²) in [5.41, 5.74) is 3.67. The third-order valence-electron chi connectivity index (χ3n) is 4.96. The fourth-order valence-electron chi connectivity index (χ4n) is 3.50. The van der Waals surface area contributed by atoms with Crippen molar-refractivity contribution in [1.29, 1.82) is 0 Å². The van der Waals surface area contributed by atoms with Crippen LogP contribution in [0.25, 0.3) is 33.3 Å². The monoisotopic (exact) mass is 365 g/mol. The molecular weight excluding hydrogens is 346 g/mol. The topological polar surface area (TPSA) is 50.8 Å². The van der Waals surface area contributed by atoms with Gasteiger partial charge in [-0.3, -0.25) is 0 Å². The molecule has 1 atom stereocenters. The van der Waals surface area contributed by atoms with Crippen LogP contribution in [-0.2, 0) is 0 Å². The number of nitrogens with zero attached hydrogens (tertiary/aromatic N) is 2. The second-order valence-electron chi connectivity index (χ2n) is 6.79. The molecule has 2 heterocycles. The van der Waals surface area contributed by atoms with Gasteiger partial charge in [-0.15, -0.1) is 0 Å². The van der Waals surface area contributed by atoms with E-state index in [-0.39, 0.29) is 6.10 Å². The van der Waals surface area contributed by atoms with Crippen molar-refractivity contribution >= 4 is 21.9 Å². The van der Waals surface area contributed by atoms with E-state index in [1.807, 2.05) is 42.5 Å². The summed E-state index contributed by atoms with van der Waals surface area (Å²) >= 11 is 0. The summed E-state index contributed by atoms with van der Waals surface area (Å²) in [6, 6.07) is 26.6. The number of ether oxygens (including phenoxy) is 1. The van der Waals surface area contributed by atoms with Crippen LogP contribution >= 0.6 is 0 Å². The van der Waals surface area contributed by atoms with Crippen molar-refractivity contribution in [3.63, 3.8) is 0 Å². The van der Waals surface area contributed by atoms with E-state index in [4.69, 9.17) is 4.74 Å². The van der Waals surface area contributed by atoms with E-state index in [0.717, 1.165) is 39.0 Å². The minimum Gasteiger partial charge on any atom is -0.485 e. The summed E-state index contributed by atoms with van der Waals surface area (Å²) in [5, 5.41) is 2.20. The van der Waals surface area contributed by atoms with Crippen LogP contribution in [0.5, 0.6) is 5.75 Å². The zero-order valence-corrected chi connectivity index (χ0v) is 15.5. The Kier molecular flexibility index (Phi) is 4.02. The van der Waals surface area contributed by atoms with Crippen molar-refractivity contribution in [1.82, 2.24) is 15.0 Å². The van der Waals surface area contributed by atoms with Gasteiger partial charge in [0.15, 0.2) is 5.65 Å². The van der Waals surface area contributed by atoms with E-state index in [9.17, 15) is 0 Å².